The third kappa shape index (κ3) is 2.52. The molecule has 0 amide bonds. The highest BCUT2D eigenvalue weighted by Gasteiger charge is 2.41. The van der Waals surface area contributed by atoms with Gasteiger partial charge in [0.1, 0.15) is 5.72 Å². The molecule has 2 N–H and O–H groups in total. The van der Waals surface area contributed by atoms with Crippen LogP contribution < -0.4 is 10.6 Å². The molecular weight excluding hydrogens is 188 g/mol. The molecule has 15 heavy (non-hydrogen) atoms. The van der Waals surface area contributed by atoms with Gasteiger partial charge in [0.2, 0.25) is 0 Å². The largest absolute Gasteiger partial charge is 0.359 e. The van der Waals surface area contributed by atoms with Crippen LogP contribution in [0.2, 0.25) is 0 Å². The Morgan fingerprint density at radius 2 is 2.13 bits per heavy atom. The fraction of sp³-hybridized carbons (Fsp3) is 1.00. The second-order valence-electron chi connectivity index (χ2n) is 5.97. The van der Waals surface area contributed by atoms with Crippen molar-refractivity contribution >= 4 is 0 Å². The molecule has 0 saturated carbocycles. The molecule has 0 aliphatic carbocycles. The molecule has 2 unspecified atom stereocenters. The number of piperidine rings is 1. The Labute approximate surface area is 93.0 Å². The Bertz CT molecular complexity index is 211. The number of rotatable bonds is 0. The van der Waals surface area contributed by atoms with Crippen LogP contribution >= 0.6 is 0 Å². The first-order valence-electron chi connectivity index (χ1n) is 6.14. The second-order valence-corrected chi connectivity index (χ2v) is 5.97. The lowest BCUT2D eigenvalue weighted by molar-refractivity contribution is -0.133. The van der Waals surface area contributed by atoms with Gasteiger partial charge in [-0.2, -0.15) is 0 Å². The zero-order valence-electron chi connectivity index (χ0n) is 10.2. The molecule has 0 bridgehead atoms. The van der Waals surface area contributed by atoms with Crippen molar-refractivity contribution in [1.82, 2.24) is 10.6 Å². The van der Waals surface area contributed by atoms with Gasteiger partial charge in [-0.25, -0.2) is 0 Å². The summed E-state index contributed by atoms with van der Waals surface area (Å²) in [6.07, 6.45) is 3.49. The van der Waals surface area contributed by atoms with Crippen LogP contribution in [0.15, 0.2) is 0 Å². The van der Waals surface area contributed by atoms with Crippen LogP contribution in [-0.4, -0.2) is 31.5 Å². The number of ether oxygens (including phenoxy) is 1. The predicted molar refractivity (Wildman–Crippen MR) is 61.8 cm³/mol. The van der Waals surface area contributed by atoms with Crippen molar-refractivity contribution in [3.8, 4) is 0 Å². The molecule has 0 aromatic rings. The Morgan fingerprint density at radius 3 is 2.73 bits per heavy atom. The summed E-state index contributed by atoms with van der Waals surface area (Å²) >= 11 is 0. The van der Waals surface area contributed by atoms with Crippen molar-refractivity contribution in [3.63, 3.8) is 0 Å². The molecule has 88 valence electrons. The summed E-state index contributed by atoms with van der Waals surface area (Å²) < 4.78 is 5.96. The molecule has 0 radical (unpaired) electrons. The van der Waals surface area contributed by atoms with Crippen molar-refractivity contribution in [3.05, 3.63) is 0 Å². The van der Waals surface area contributed by atoms with Gasteiger partial charge in [0.05, 0.1) is 6.61 Å². The third-order valence-electron chi connectivity index (χ3n) is 3.61. The zero-order chi connectivity index (χ0) is 10.9. The minimum Gasteiger partial charge on any atom is -0.359 e. The van der Waals surface area contributed by atoms with Crippen LogP contribution in [0.5, 0.6) is 0 Å². The Morgan fingerprint density at radius 1 is 1.33 bits per heavy atom. The maximum absolute atomic E-state index is 5.96. The maximum Gasteiger partial charge on any atom is 0.132 e. The van der Waals surface area contributed by atoms with Crippen LogP contribution in [0.1, 0.15) is 40.0 Å². The Balaban J connectivity index is 2.02. The molecule has 2 saturated heterocycles. The first-order chi connectivity index (χ1) is 7.02. The van der Waals surface area contributed by atoms with Crippen LogP contribution in [0.4, 0.5) is 0 Å². The van der Waals surface area contributed by atoms with E-state index in [1.807, 2.05) is 0 Å². The lowest BCUT2D eigenvalue weighted by atomic mass is 9.82. The zero-order valence-corrected chi connectivity index (χ0v) is 10.2. The number of hydrogen-bond donors (Lipinski definition) is 2. The molecule has 0 aromatic heterocycles. The van der Waals surface area contributed by atoms with Gasteiger partial charge in [-0.1, -0.05) is 20.8 Å². The van der Waals surface area contributed by atoms with Crippen molar-refractivity contribution in [2.24, 2.45) is 5.41 Å². The van der Waals surface area contributed by atoms with E-state index in [1.54, 1.807) is 0 Å². The lowest BCUT2D eigenvalue weighted by Gasteiger charge is -2.48. The smallest absolute Gasteiger partial charge is 0.132 e. The van der Waals surface area contributed by atoms with E-state index in [0.717, 1.165) is 32.5 Å². The summed E-state index contributed by atoms with van der Waals surface area (Å²) in [7, 11) is 0. The highest BCUT2D eigenvalue weighted by atomic mass is 16.5. The quantitative estimate of drug-likeness (QED) is 0.638. The Hall–Kier alpha value is -0.120. The molecule has 0 aromatic carbocycles. The average molecular weight is 212 g/mol. The Kier molecular flexibility index (Phi) is 3.06. The monoisotopic (exact) mass is 212 g/mol. The summed E-state index contributed by atoms with van der Waals surface area (Å²) in [5.74, 6) is 0. The topological polar surface area (TPSA) is 33.3 Å². The molecule has 2 rings (SSSR count). The van der Waals surface area contributed by atoms with E-state index in [2.05, 4.69) is 31.4 Å². The summed E-state index contributed by atoms with van der Waals surface area (Å²) in [6, 6.07) is 0.575. The fourth-order valence-electron chi connectivity index (χ4n) is 2.58. The van der Waals surface area contributed by atoms with E-state index < -0.39 is 0 Å². The van der Waals surface area contributed by atoms with E-state index in [9.17, 15) is 0 Å². The summed E-state index contributed by atoms with van der Waals surface area (Å²) in [5, 5.41) is 7.15. The molecular formula is C12H24N2O. The first kappa shape index (κ1) is 11.4. The van der Waals surface area contributed by atoms with Gasteiger partial charge in [0.15, 0.2) is 0 Å². The van der Waals surface area contributed by atoms with Crippen molar-refractivity contribution in [2.75, 3.05) is 19.7 Å². The van der Waals surface area contributed by atoms with Gasteiger partial charge in [-0.05, 0) is 31.2 Å². The molecule has 2 atom stereocenters. The van der Waals surface area contributed by atoms with E-state index in [1.165, 1.54) is 6.42 Å². The van der Waals surface area contributed by atoms with Crippen LogP contribution in [0.25, 0.3) is 0 Å². The summed E-state index contributed by atoms with van der Waals surface area (Å²) in [5.41, 5.74) is 0.253. The van der Waals surface area contributed by atoms with E-state index in [4.69, 9.17) is 4.74 Å². The van der Waals surface area contributed by atoms with E-state index in [0.29, 0.717) is 11.5 Å². The summed E-state index contributed by atoms with van der Waals surface area (Å²) in [4.78, 5) is 0. The van der Waals surface area contributed by atoms with Gasteiger partial charge in [-0.3, -0.25) is 5.32 Å². The second kappa shape index (κ2) is 4.04. The van der Waals surface area contributed by atoms with Crippen molar-refractivity contribution in [1.29, 1.82) is 0 Å². The lowest BCUT2D eigenvalue weighted by Crippen LogP contribution is -2.65. The fourth-order valence-corrected chi connectivity index (χ4v) is 2.58. The summed E-state index contributed by atoms with van der Waals surface area (Å²) in [6.45, 7) is 9.91. The highest BCUT2D eigenvalue weighted by Crippen LogP contribution is 2.30. The van der Waals surface area contributed by atoms with Crippen LogP contribution in [0, 0.1) is 5.41 Å². The molecule has 2 fully saturated rings. The first-order valence-corrected chi connectivity index (χ1v) is 6.14. The molecule has 2 aliphatic heterocycles. The van der Waals surface area contributed by atoms with Gasteiger partial charge in [0, 0.05) is 12.6 Å². The number of hydrogen-bond acceptors (Lipinski definition) is 3. The molecule has 2 aliphatic rings. The maximum atomic E-state index is 5.96. The third-order valence-corrected chi connectivity index (χ3v) is 3.61. The van der Waals surface area contributed by atoms with Gasteiger partial charge >= 0.3 is 0 Å². The molecule has 2 heterocycles. The van der Waals surface area contributed by atoms with E-state index in [-0.39, 0.29) is 5.72 Å². The van der Waals surface area contributed by atoms with Gasteiger partial charge < -0.3 is 10.1 Å². The van der Waals surface area contributed by atoms with E-state index >= 15 is 0 Å². The highest BCUT2D eigenvalue weighted by molar-refractivity contribution is 4.94. The van der Waals surface area contributed by atoms with Crippen LogP contribution in [-0.2, 0) is 4.74 Å². The average Bonchev–Trinajstić information content (AvgIpc) is 2.18. The molecule has 3 heteroatoms. The van der Waals surface area contributed by atoms with Gasteiger partial charge in [0.25, 0.3) is 0 Å². The SMILES string of the molecule is CC(C)(C)C1CCOC2(CCCNC2)N1. The van der Waals surface area contributed by atoms with Crippen LogP contribution in [0.3, 0.4) is 0 Å². The normalized spacial score (nSPS) is 38.2. The standard InChI is InChI=1S/C12H24N2O/c1-11(2,3)10-5-8-15-12(14-10)6-4-7-13-9-12/h10,13-14H,4-9H2,1-3H3. The molecule has 3 nitrogen and oxygen atoms in total. The minimum absolute atomic E-state index is 0.0750. The predicted octanol–water partition coefficient (Wildman–Crippen LogP) is 1.49. The minimum atomic E-state index is -0.0750. The number of nitrogens with one attached hydrogen (secondary N) is 2. The van der Waals surface area contributed by atoms with Crippen molar-refractivity contribution < 1.29 is 4.74 Å². The molecule has 1 spiro atoms. The van der Waals surface area contributed by atoms with Crippen molar-refractivity contribution in [2.45, 2.75) is 51.8 Å². The van der Waals surface area contributed by atoms with Gasteiger partial charge in [-0.15, -0.1) is 0 Å².